The Labute approximate surface area is 345 Å². The zero-order chi connectivity index (χ0) is 39.3. The van der Waals surface area contributed by atoms with Gasteiger partial charge in [0.15, 0.2) is 11.6 Å². The first-order chi connectivity index (χ1) is 29.8. The largest absolute Gasteiger partial charge is 0.309 e. The SMILES string of the molecule is c1ccc(-c2nc(-c3ccccc3)nc(-n3c4ccc(-c5ccc6c(c5)c5ccccc5n6-c5ccccc5)cc4c4c5cccc6c5c(cc43)-c3ccccc3-6)n2)cc1. The highest BCUT2D eigenvalue weighted by Gasteiger charge is 2.27. The third kappa shape index (κ3) is 4.77. The lowest BCUT2D eigenvalue weighted by atomic mass is 9.96. The molecule has 0 atom stereocenters. The molecule has 0 amide bonds. The van der Waals surface area contributed by atoms with Crippen molar-refractivity contribution in [3.8, 4) is 67.8 Å². The minimum absolute atomic E-state index is 0.583. The Hall–Kier alpha value is -8.15. The topological polar surface area (TPSA) is 48.5 Å². The molecular formula is C55H33N5. The van der Waals surface area contributed by atoms with Crippen LogP contribution in [0.3, 0.4) is 0 Å². The molecule has 0 saturated heterocycles. The predicted octanol–water partition coefficient (Wildman–Crippen LogP) is 13.9. The third-order valence-corrected chi connectivity index (χ3v) is 12.3. The lowest BCUT2D eigenvalue weighted by Gasteiger charge is -2.12. The first-order valence-corrected chi connectivity index (χ1v) is 20.4. The second-order valence-electron chi connectivity index (χ2n) is 15.6. The van der Waals surface area contributed by atoms with Crippen LogP contribution in [0.15, 0.2) is 200 Å². The molecule has 0 aliphatic heterocycles. The monoisotopic (exact) mass is 763 g/mol. The van der Waals surface area contributed by atoms with Gasteiger partial charge in [0.1, 0.15) is 0 Å². The highest BCUT2D eigenvalue weighted by molar-refractivity contribution is 6.29. The zero-order valence-electron chi connectivity index (χ0n) is 32.3. The fourth-order valence-electron chi connectivity index (χ4n) is 9.68. The Kier molecular flexibility index (Phi) is 6.95. The number of rotatable bonds is 5. The van der Waals surface area contributed by atoms with Gasteiger partial charge in [-0.25, -0.2) is 4.98 Å². The van der Waals surface area contributed by atoms with E-state index in [1.807, 2.05) is 36.4 Å². The van der Waals surface area contributed by atoms with Crippen molar-refractivity contribution in [2.24, 2.45) is 0 Å². The maximum absolute atomic E-state index is 5.27. The Morgan fingerprint density at radius 1 is 0.283 bits per heavy atom. The summed E-state index contributed by atoms with van der Waals surface area (Å²) < 4.78 is 4.63. The standard InChI is InChI=1S/C55H33N5/c1-4-15-34(16-5-1)53-56-54(35-17-6-2-7-18-35)58-55(57-53)60-49-30-28-37(36-27-29-48-44(31-36)41-23-12-13-26-47(41)59(48)38-19-8-3-9-20-38)32-46(49)52-43-25-14-24-42-39-21-10-11-22-40(39)45(51(42)43)33-50(52)60/h1-33H. The van der Waals surface area contributed by atoms with Crippen LogP contribution < -0.4 is 0 Å². The molecule has 3 heterocycles. The van der Waals surface area contributed by atoms with Crippen LogP contribution in [0.25, 0.3) is 122 Å². The van der Waals surface area contributed by atoms with E-state index in [0.717, 1.165) is 44.4 Å². The van der Waals surface area contributed by atoms with Crippen molar-refractivity contribution in [3.63, 3.8) is 0 Å². The van der Waals surface area contributed by atoms with Gasteiger partial charge in [-0.05, 0) is 92.7 Å². The van der Waals surface area contributed by atoms with E-state index in [2.05, 4.69) is 173 Å². The molecule has 9 aromatic carbocycles. The maximum Gasteiger partial charge on any atom is 0.238 e. The van der Waals surface area contributed by atoms with Gasteiger partial charge in [-0.2, -0.15) is 9.97 Å². The van der Waals surface area contributed by atoms with E-state index in [4.69, 9.17) is 15.0 Å². The number of hydrogen-bond donors (Lipinski definition) is 0. The normalized spacial score (nSPS) is 12.0. The van der Waals surface area contributed by atoms with E-state index in [-0.39, 0.29) is 0 Å². The average Bonchev–Trinajstić information content (AvgIpc) is 3.96. The van der Waals surface area contributed by atoms with E-state index in [1.54, 1.807) is 0 Å². The molecule has 0 radical (unpaired) electrons. The average molecular weight is 764 g/mol. The van der Waals surface area contributed by atoms with Crippen LogP contribution in [-0.2, 0) is 0 Å². The predicted molar refractivity (Wildman–Crippen MR) is 247 cm³/mol. The summed E-state index contributed by atoms with van der Waals surface area (Å²) in [5.74, 6) is 1.85. The summed E-state index contributed by atoms with van der Waals surface area (Å²) in [4.78, 5) is 15.6. The molecule has 5 heteroatoms. The van der Waals surface area contributed by atoms with Crippen LogP contribution in [0.1, 0.15) is 0 Å². The minimum atomic E-state index is 0.583. The number of para-hydroxylation sites is 2. The van der Waals surface area contributed by atoms with Gasteiger partial charge < -0.3 is 4.57 Å². The molecule has 0 unspecified atom stereocenters. The van der Waals surface area contributed by atoms with E-state index >= 15 is 0 Å². The second-order valence-corrected chi connectivity index (χ2v) is 15.6. The molecule has 0 fully saturated rings. The summed E-state index contributed by atoms with van der Waals surface area (Å²) in [5, 5.41) is 7.31. The van der Waals surface area contributed by atoms with Gasteiger partial charge in [-0.15, -0.1) is 0 Å². The van der Waals surface area contributed by atoms with Crippen molar-refractivity contribution in [2.75, 3.05) is 0 Å². The molecule has 0 saturated carbocycles. The van der Waals surface area contributed by atoms with Gasteiger partial charge in [0.05, 0.1) is 22.1 Å². The molecule has 1 aliphatic carbocycles. The summed E-state index contributed by atoms with van der Waals surface area (Å²) >= 11 is 0. The van der Waals surface area contributed by atoms with Crippen LogP contribution in [0.5, 0.6) is 0 Å². The summed E-state index contributed by atoms with van der Waals surface area (Å²) in [5.41, 5.74) is 14.8. The summed E-state index contributed by atoms with van der Waals surface area (Å²) in [7, 11) is 0. The van der Waals surface area contributed by atoms with Gasteiger partial charge >= 0.3 is 0 Å². The van der Waals surface area contributed by atoms with Gasteiger partial charge in [0.2, 0.25) is 5.95 Å². The van der Waals surface area contributed by atoms with Crippen LogP contribution in [-0.4, -0.2) is 24.1 Å². The summed E-state index contributed by atoms with van der Waals surface area (Å²) in [6.07, 6.45) is 0. The second kappa shape index (κ2) is 12.7. The van der Waals surface area contributed by atoms with Crippen molar-refractivity contribution < 1.29 is 0 Å². The Morgan fingerprint density at radius 2 is 0.817 bits per heavy atom. The Balaban J connectivity index is 1.11. The molecule has 1 aliphatic rings. The smallest absolute Gasteiger partial charge is 0.238 e. The van der Waals surface area contributed by atoms with Gasteiger partial charge in [-0.1, -0.05) is 152 Å². The molecule has 5 nitrogen and oxygen atoms in total. The third-order valence-electron chi connectivity index (χ3n) is 12.3. The quantitative estimate of drug-likeness (QED) is 0.175. The van der Waals surface area contributed by atoms with Crippen LogP contribution in [0.4, 0.5) is 0 Å². The van der Waals surface area contributed by atoms with E-state index in [0.29, 0.717) is 17.6 Å². The summed E-state index contributed by atoms with van der Waals surface area (Å²) in [6, 6.07) is 71.4. The van der Waals surface area contributed by atoms with Crippen molar-refractivity contribution in [1.82, 2.24) is 24.1 Å². The molecular weight excluding hydrogens is 731 g/mol. The molecule has 0 bridgehead atoms. The van der Waals surface area contributed by atoms with Crippen molar-refractivity contribution in [2.45, 2.75) is 0 Å². The fraction of sp³-hybridized carbons (Fsp3) is 0. The van der Waals surface area contributed by atoms with E-state index in [9.17, 15) is 0 Å². The number of benzene rings is 9. The van der Waals surface area contributed by atoms with Gasteiger partial charge in [0, 0.05) is 38.4 Å². The fourth-order valence-corrected chi connectivity index (χ4v) is 9.68. The first kappa shape index (κ1) is 32.9. The molecule has 60 heavy (non-hydrogen) atoms. The van der Waals surface area contributed by atoms with Crippen molar-refractivity contribution >= 4 is 54.4 Å². The minimum Gasteiger partial charge on any atom is -0.309 e. The van der Waals surface area contributed by atoms with E-state index < -0.39 is 0 Å². The van der Waals surface area contributed by atoms with Gasteiger partial charge in [-0.3, -0.25) is 4.57 Å². The summed E-state index contributed by atoms with van der Waals surface area (Å²) in [6.45, 7) is 0. The number of hydrogen-bond acceptors (Lipinski definition) is 3. The Morgan fingerprint density at radius 3 is 1.52 bits per heavy atom. The Bertz CT molecular complexity index is 3640. The van der Waals surface area contributed by atoms with Crippen LogP contribution in [0.2, 0.25) is 0 Å². The molecule has 3 aromatic heterocycles. The lowest BCUT2D eigenvalue weighted by molar-refractivity contribution is 0.954. The number of fused-ring (bicyclic) bond motifs is 10. The molecule has 0 N–H and O–H groups in total. The maximum atomic E-state index is 5.27. The number of aromatic nitrogens is 5. The first-order valence-electron chi connectivity index (χ1n) is 20.4. The van der Waals surface area contributed by atoms with Crippen LogP contribution >= 0.6 is 0 Å². The van der Waals surface area contributed by atoms with Crippen LogP contribution in [0, 0.1) is 0 Å². The molecule has 13 rings (SSSR count). The van der Waals surface area contributed by atoms with Gasteiger partial charge in [0.25, 0.3) is 0 Å². The highest BCUT2D eigenvalue weighted by Crippen LogP contribution is 2.51. The highest BCUT2D eigenvalue weighted by atomic mass is 15.2. The molecule has 0 spiro atoms. The molecule has 278 valence electrons. The van der Waals surface area contributed by atoms with Crippen molar-refractivity contribution in [3.05, 3.63) is 200 Å². The molecule has 12 aromatic rings. The zero-order valence-corrected chi connectivity index (χ0v) is 32.3. The van der Waals surface area contributed by atoms with E-state index in [1.165, 1.54) is 60.2 Å². The number of nitrogens with zero attached hydrogens (tertiary/aromatic N) is 5. The van der Waals surface area contributed by atoms with Crippen molar-refractivity contribution in [1.29, 1.82) is 0 Å². The lowest BCUT2D eigenvalue weighted by Crippen LogP contribution is -2.06.